The minimum Gasteiger partial charge on any atom is -0.467 e. The van der Waals surface area contributed by atoms with Gasteiger partial charge in [-0.15, -0.1) is 0 Å². The molecule has 3 N–H and O–H groups in total. The molecular weight excluding hydrogens is 438 g/mol. The fraction of sp³-hybridized carbons (Fsp3) is 0.348. The summed E-state index contributed by atoms with van der Waals surface area (Å²) < 4.78 is 8.36. The number of H-pyrrole nitrogens is 1. The van der Waals surface area contributed by atoms with Crippen LogP contribution in [-0.4, -0.2) is 30.2 Å². The Morgan fingerprint density at radius 3 is 2.74 bits per heavy atom. The molecule has 4 aromatic heterocycles. The van der Waals surface area contributed by atoms with Crippen molar-refractivity contribution in [1.29, 1.82) is 0 Å². The van der Waals surface area contributed by atoms with Crippen LogP contribution >= 0.6 is 0 Å². The number of nitrogens with two attached hydrogens (primary N) is 1. The Hall–Kier alpha value is -4.15. The van der Waals surface area contributed by atoms with Gasteiger partial charge < -0.3 is 10.2 Å². The Kier molecular flexibility index (Phi) is 6.10. The van der Waals surface area contributed by atoms with Gasteiger partial charge in [0.15, 0.2) is 11.3 Å². The Morgan fingerprint density at radius 2 is 2.06 bits per heavy atom. The normalized spacial score (nSPS) is 11.3. The average Bonchev–Trinajstić information content (AvgIpc) is 3.39. The fourth-order valence-electron chi connectivity index (χ4n) is 4.07. The smallest absolute Gasteiger partial charge is 0.330 e. The van der Waals surface area contributed by atoms with E-state index in [0.29, 0.717) is 46.7 Å². The number of fused-ring (bicyclic) bond motifs is 1. The number of nitrogens with one attached hydrogen (secondary N) is 1. The Morgan fingerprint density at radius 1 is 1.29 bits per heavy atom. The molecule has 0 fully saturated rings. The minimum atomic E-state index is -0.750. The van der Waals surface area contributed by atoms with E-state index in [1.165, 1.54) is 15.7 Å². The van der Waals surface area contributed by atoms with Crippen LogP contribution in [0.5, 0.6) is 0 Å². The number of furan rings is 1. The molecule has 0 saturated carbocycles. The van der Waals surface area contributed by atoms with E-state index in [4.69, 9.17) is 10.2 Å². The van der Waals surface area contributed by atoms with Crippen LogP contribution in [-0.2, 0) is 20.1 Å². The summed E-state index contributed by atoms with van der Waals surface area (Å²) in [6.07, 6.45) is 2.98. The number of carbonyl (C=O) groups excluding carboxylic acids is 1. The van der Waals surface area contributed by atoms with Crippen LogP contribution in [0.4, 0.5) is 11.5 Å². The summed E-state index contributed by atoms with van der Waals surface area (Å²) >= 11 is 0. The molecule has 0 atom stereocenters. The van der Waals surface area contributed by atoms with Gasteiger partial charge in [-0.3, -0.25) is 28.7 Å². The lowest BCUT2D eigenvalue weighted by molar-refractivity contribution is 0.0984. The van der Waals surface area contributed by atoms with Crippen molar-refractivity contribution in [2.24, 2.45) is 7.05 Å². The summed E-state index contributed by atoms with van der Waals surface area (Å²) in [4.78, 5) is 47.5. The predicted molar refractivity (Wildman–Crippen MR) is 128 cm³/mol. The summed E-state index contributed by atoms with van der Waals surface area (Å²) in [6, 6.07) is 5.04. The molecule has 0 aliphatic carbocycles. The van der Waals surface area contributed by atoms with Gasteiger partial charge in [0.2, 0.25) is 0 Å². The van der Waals surface area contributed by atoms with E-state index in [0.717, 1.165) is 6.42 Å². The van der Waals surface area contributed by atoms with Gasteiger partial charge in [0.05, 0.1) is 29.5 Å². The number of nitrogens with zero attached hydrogens (tertiary/aromatic N) is 5. The maximum Gasteiger partial charge on any atom is 0.330 e. The van der Waals surface area contributed by atoms with Crippen molar-refractivity contribution in [1.82, 2.24) is 24.3 Å². The highest BCUT2D eigenvalue weighted by molar-refractivity contribution is 6.14. The standard InChI is InChI=1S/C23H27N7O4/c1-5-6-9-29-19(24)18(21(31)26-23(29)33)30(12-15-8-7-10-34-15)22(32)16-11-13(2)25-20-17(16)14(3)27-28(20)4/h7-8,10-11H,5-6,9,12,24H2,1-4H3,(H,26,31,33). The number of anilines is 2. The van der Waals surface area contributed by atoms with E-state index >= 15 is 0 Å². The second-order valence-electron chi connectivity index (χ2n) is 8.19. The zero-order valence-corrected chi connectivity index (χ0v) is 19.6. The molecular formula is C23H27N7O4. The van der Waals surface area contributed by atoms with Gasteiger partial charge in [-0.25, -0.2) is 9.78 Å². The van der Waals surface area contributed by atoms with Crippen LogP contribution in [0, 0.1) is 13.8 Å². The molecule has 11 nitrogen and oxygen atoms in total. The fourth-order valence-corrected chi connectivity index (χ4v) is 4.07. The minimum absolute atomic E-state index is 0.0622. The molecule has 0 bridgehead atoms. The highest BCUT2D eigenvalue weighted by atomic mass is 16.3. The van der Waals surface area contributed by atoms with Crippen molar-refractivity contribution < 1.29 is 9.21 Å². The molecule has 4 aromatic rings. The first kappa shape index (κ1) is 23.0. The maximum atomic E-state index is 14.0. The lowest BCUT2D eigenvalue weighted by atomic mass is 10.1. The number of unbranched alkanes of at least 4 members (excludes halogenated alkanes) is 1. The molecule has 4 rings (SSSR count). The van der Waals surface area contributed by atoms with Gasteiger partial charge >= 0.3 is 5.69 Å². The molecule has 178 valence electrons. The number of rotatable bonds is 7. The van der Waals surface area contributed by atoms with Crippen molar-refractivity contribution in [2.45, 2.75) is 46.7 Å². The third-order valence-electron chi connectivity index (χ3n) is 5.69. The van der Waals surface area contributed by atoms with Crippen molar-refractivity contribution in [3.63, 3.8) is 0 Å². The molecule has 34 heavy (non-hydrogen) atoms. The van der Waals surface area contributed by atoms with Crippen LogP contribution in [0.15, 0.2) is 38.5 Å². The van der Waals surface area contributed by atoms with Crippen LogP contribution < -0.4 is 21.9 Å². The first-order valence-corrected chi connectivity index (χ1v) is 11.0. The molecule has 11 heteroatoms. The third kappa shape index (κ3) is 4.00. The highest BCUT2D eigenvalue weighted by Gasteiger charge is 2.29. The topological polar surface area (TPSA) is 145 Å². The molecule has 0 aliphatic heterocycles. The second-order valence-corrected chi connectivity index (χ2v) is 8.19. The summed E-state index contributed by atoms with van der Waals surface area (Å²) in [5, 5.41) is 4.98. The lowest BCUT2D eigenvalue weighted by Crippen LogP contribution is -2.41. The Bertz CT molecular complexity index is 1480. The van der Waals surface area contributed by atoms with Gasteiger partial charge in [-0.1, -0.05) is 13.3 Å². The predicted octanol–water partition coefficient (Wildman–Crippen LogP) is 2.26. The average molecular weight is 466 g/mol. The van der Waals surface area contributed by atoms with E-state index < -0.39 is 17.2 Å². The van der Waals surface area contributed by atoms with E-state index in [1.54, 1.807) is 43.8 Å². The highest BCUT2D eigenvalue weighted by Crippen LogP contribution is 2.27. The van der Waals surface area contributed by atoms with Gasteiger partial charge in [-0.05, 0) is 38.5 Å². The van der Waals surface area contributed by atoms with E-state index in [1.807, 2.05) is 6.92 Å². The summed E-state index contributed by atoms with van der Waals surface area (Å²) in [5.74, 6) is -0.115. The zero-order valence-electron chi connectivity index (χ0n) is 19.6. The summed E-state index contributed by atoms with van der Waals surface area (Å²) in [7, 11) is 1.75. The van der Waals surface area contributed by atoms with E-state index in [2.05, 4.69) is 15.1 Å². The number of aryl methyl sites for hydroxylation is 3. The number of aromatic nitrogens is 5. The van der Waals surface area contributed by atoms with Crippen molar-refractivity contribution >= 4 is 28.4 Å². The molecule has 0 saturated heterocycles. The number of hydrogen-bond acceptors (Lipinski definition) is 7. The molecule has 1 amide bonds. The van der Waals surface area contributed by atoms with Crippen LogP contribution in [0.3, 0.4) is 0 Å². The Balaban J connectivity index is 1.95. The maximum absolute atomic E-state index is 14.0. The van der Waals surface area contributed by atoms with Crippen LogP contribution in [0.2, 0.25) is 0 Å². The molecule has 0 aliphatic rings. The van der Waals surface area contributed by atoms with Gasteiger partial charge in [-0.2, -0.15) is 5.10 Å². The Labute approximate surface area is 194 Å². The van der Waals surface area contributed by atoms with Gasteiger partial charge in [0, 0.05) is 19.3 Å². The largest absolute Gasteiger partial charge is 0.467 e. The van der Waals surface area contributed by atoms with Gasteiger partial charge in [0.25, 0.3) is 11.5 Å². The summed E-state index contributed by atoms with van der Waals surface area (Å²) in [6.45, 7) is 5.80. The SMILES string of the molecule is CCCCn1c(N)c(N(Cc2ccco2)C(=O)c2cc(C)nc3c2c(C)nn3C)c(=O)[nH]c1=O. The quantitative estimate of drug-likeness (QED) is 0.426. The molecule has 0 unspecified atom stereocenters. The summed E-state index contributed by atoms with van der Waals surface area (Å²) in [5.41, 5.74) is 6.98. The van der Waals surface area contributed by atoms with Crippen molar-refractivity contribution in [3.05, 3.63) is 68.0 Å². The second kappa shape index (κ2) is 9.00. The first-order valence-electron chi connectivity index (χ1n) is 11.0. The van der Waals surface area contributed by atoms with Gasteiger partial charge in [0.1, 0.15) is 11.6 Å². The monoisotopic (exact) mass is 465 g/mol. The van der Waals surface area contributed by atoms with Crippen molar-refractivity contribution in [2.75, 3.05) is 10.6 Å². The van der Waals surface area contributed by atoms with Crippen molar-refractivity contribution in [3.8, 4) is 0 Å². The number of hydrogen-bond donors (Lipinski definition) is 2. The van der Waals surface area contributed by atoms with E-state index in [-0.39, 0.29) is 18.1 Å². The first-order chi connectivity index (χ1) is 16.2. The number of amides is 1. The number of pyridine rings is 1. The molecule has 0 radical (unpaired) electrons. The number of aromatic amines is 1. The molecule has 0 spiro atoms. The molecule has 0 aromatic carbocycles. The van der Waals surface area contributed by atoms with E-state index in [9.17, 15) is 14.4 Å². The van der Waals surface area contributed by atoms with Crippen LogP contribution in [0.25, 0.3) is 11.0 Å². The zero-order chi connectivity index (χ0) is 24.6. The number of carbonyl (C=O) groups is 1. The molecule has 4 heterocycles. The lowest BCUT2D eigenvalue weighted by Gasteiger charge is -2.24. The van der Waals surface area contributed by atoms with Crippen LogP contribution in [0.1, 0.15) is 47.3 Å². The number of nitrogen functional groups attached to an aromatic ring is 1. The third-order valence-corrected chi connectivity index (χ3v) is 5.69.